The number of methoxy groups -OCH3 is 1. The SMILES string of the molecule is CCNC(CSC(C)(C)C)Cc1ccc(OC)c(F)c1. The summed E-state index contributed by atoms with van der Waals surface area (Å²) in [4.78, 5) is 0. The number of hydrogen-bond acceptors (Lipinski definition) is 3. The van der Waals surface area contributed by atoms with Gasteiger partial charge in [0, 0.05) is 16.5 Å². The summed E-state index contributed by atoms with van der Waals surface area (Å²) in [6.45, 7) is 9.67. The molecular weight excluding hydrogens is 273 g/mol. The molecule has 0 aliphatic rings. The molecule has 0 spiro atoms. The van der Waals surface area contributed by atoms with Crippen molar-refractivity contribution in [2.24, 2.45) is 0 Å². The highest BCUT2D eigenvalue weighted by Gasteiger charge is 2.16. The second kappa shape index (κ2) is 7.89. The average Bonchev–Trinajstić information content (AvgIpc) is 2.35. The van der Waals surface area contributed by atoms with Gasteiger partial charge in [0.25, 0.3) is 0 Å². The lowest BCUT2D eigenvalue weighted by molar-refractivity contribution is 0.386. The van der Waals surface area contributed by atoms with Gasteiger partial charge < -0.3 is 10.1 Å². The molecule has 1 unspecified atom stereocenters. The molecule has 0 saturated heterocycles. The molecule has 1 aromatic rings. The zero-order chi connectivity index (χ0) is 15.2. The number of benzene rings is 1. The van der Waals surface area contributed by atoms with Crippen LogP contribution in [0.5, 0.6) is 5.75 Å². The molecule has 0 bridgehead atoms. The number of hydrogen-bond donors (Lipinski definition) is 1. The first kappa shape index (κ1) is 17.3. The Bertz CT molecular complexity index is 417. The molecule has 1 atom stereocenters. The monoisotopic (exact) mass is 299 g/mol. The normalized spacial score (nSPS) is 13.3. The second-order valence-corrected chi connectivity index (χ2v) is 7.70. The van der Waals surface area contributed by atoms with E-state index in [1.165, 1.54) is 7.11 Å². The van der Waals surface area contributed by atoms with Gasteiger partial charge in [0.2, 0.25) is 0 Å². The summed E-state index contributed by atoms with van der Waals surface area (Å²) in [5, 5.41) is 3.48. The van der Waals surface area contributed by atoms with Gasteiger partial charge in [-0.25, -0.2) is 4.39 Å². The Kier molecular flexibility index (Phi) is 6.83. The Balaban J connectivity index is 2.67. The third-order valence-corrected chi connectivity index (χ3v) is 4.34. The summed E-state index contributed by atoms with van der Waals surface area (Å²) in [6, 6.07) is 5.57. The maximum absolute atomic E-state index is 13.7. The highest BCUT2D eigenvalue weighted by Crippen LogP contribution is 2.25. The molecule has 1 aromatic carbocycles. The van der Waals surface area contributed by atoms with Gasteiger partial charge in [-0.1, -0.05) is 33.8 Å². The maximum atomic E-state index is 13.7. The molecule has 0 aromatic heterocycles. The molecule has 0 aliphatic heterocycles. The Morgan fingerprint density at radius 3 is 2.55 bits per heavy atom. The summed E-state index contributed by atoms with van der Waals surface area (Å²) in [5.41, 5.74) is 1.00. The average molecular weight is 299 g/mol. The molecule has 0 aliphatic carbocycles. The lowest BCUT2D eigenvalue weighted by Crippen LogP contribution is -2.34. The minimum absolute atomic E-state index is 0.249. The Labute approximate surface area is 126 Å². The molecule has 1 N–H and O–H groups in total. The fraction of sp³-hybridized carbons (Fsp3) is 0.625. The molecule has 2 nitrogen and oxygen atoms in total. The maximum Gasteiger partial charge on any atom is 0.165 e. The summed E-state index contributed by atoms with van der Waals surface area (Å²) < 4.78 is 18.9. The van der Waals surface area contributed by atoms with E-state index in [2.05, 4.69) is 33.0 Å². The van der Waals surface area contributed by atoms with Gasteiger partial charge in [0.15, 0.2) is 11.6 Å². The van der Waals surface area contributed by atoms with E-state index in [9.17, 15) is 4.39 Å². The minimum Gasteiger partial charge on any atom is -0.494 e. The van der Waals surface area contributed by atoms with Crippen molar-refractivity contribution in [2.45, 2.75) is 44.9 Å². The van der Waals surface area contributed by atoms with Gasteiger partial charge in [-0.2, -0.15) is 11.8 Å². The number of likely N-dealkylation sites (N-methyl/N-ethyl adjacent to an activating group) is 1. The van der Waals surface area contributed by atoms with Gasteiger partial charge in [0.05, 0.1) is 7.11 Å². The van der Waals surface area contributed by atoms with Crippen LogP contribution in [0.25, 0.3) is 0 Å². The molecule has 0 radical (unpaired) electrons. The first-order valence-electron chi connectivity index (χ1n) is 7.05. The lowest BCUT2D eigenvalue weighted by Gasteiger charge is -2.23. The van der Waals surface area contributed by atoms with Gasteiger partial charge in [-0.3, -0.25) is 0 Å². The number of thioether (sulfide) groups is 1. The molecule has 0 amide bonds. The number of nitrogens with one attached hydrogen (secondary N) is 1. The Hall–Kier alpha value is -0.740. The summed E-state index contributed by atoms with van der Waals surface area (Å²) in [7, 11) is 1.49. The molecule has 0 saturated carbocycles. The van der Waals surface area contributed by atoms with Crippen molar-refractivity contribution in [1.82, 2.24) is 5.32 Å². The van der Waals surface area contributed by atoms with Crippen molar-refractivity contribution < 1.29 is 9.13 Å². The molecular formula is C16H26FNOS. The van der Waals surface area contributed by atoms with E-state index in [1.807, 2.05) is 17.8 Å². The largest absolute Gasteiger partial charge is 0.494 e. The first-order valence-corrected chi connectivity index (χ1v) is 8.04. The first-order chi connectivity index (χ1) is 9.35. The van der Waals surface area contributed by atoms with E-state index in [0.29, 0.717) is 11.8 Å². The van der Waals surface area contributed by atoms with Crippen LogP contribution >= 0.6 is 11.8 Å². The van der Waals surface area contributed by atoms with Crippen molar-refractivity contribution in [3.8, 4) is 5.75 Å². The Morgan fingerprint density at radius 2 is 2.05 bits per heavy atom. The van der Waals surface area contributed by atoms with Crippen LogP contribution in [-0.2, 0) is 6.42 Å². The van der Waals surface area contributed by atoms with Crippen LogP contribution in [0.2, 0.25) is 0 Å². The van der Waals surface area contributed by atoms with E-state index < -0.39 is 0 Å². The van der Waals surface area contributed by atoms with Crippen molar-refractivity contribution in [3.05, 3.63) is 29.6 Å². The van der Waals surface area contributed by atoms with Crippen LogP contribution in [-0.4, -0.2) is 30.2 Å². The summed E-state index contributed by atoms with van der Waals surface area (Å²) >= 11 is 1.93. The van der Waals surface area contributed by atoms with Crippen LogP contribution in [0, 0.1) is 5.82 Å². The highest BCUT2D eigenvalue weighted by atomic mass is 32.2. The van der Waals surface area contributed by atoms with E-state index in [1.54, 1.807) is 12.1 Å². The standard InChI is InChI=1S/C16H26FNOS/c1-6-18-13(11-20-16(2,3)4)9-12-7-8-15(19-5)14(17)10-12/h7-8,10,13,18H,6,9,11H2,1-5H3. The zero-order valence-electron chi connectivity index (χ0n) is 13.1. The summed E-state index contributed by atoms with van der Waals surface area (Å²) in [6.07, 6.45) is 0.831. The predicted octanol–water partition coefficient (Wildman–Crippen LogP) is 3.89. The Morgan fingerprint density at radius 1 is 1.35 bits per heavy atom. The van der Waals surface area contributed by atoms with E-state index in [0.717, 1.165) is 24.3 Å². The predicted molar refractivity (Wildman–Crippen MR) is 86.3 cm³/mol. The molecule has 0 heterocycles. The van der Waals surface area contributed by atoms with Gasteiger partial charge in [-0.15, -0.1) is 0 Å². The lowest BCUT2D eigenvalue weighted by atomic mass is 10.1. The molecule has 1 rings (SSSR count). The smallest absolute Gasteiger partial charge is 0.165 e. The van der Waals surface area contributed by atoms with Crippen molar-refractivity contribution in [3.63, 3.8) is 0 Å². The number of halogens is 1. The van der Waals surface area contributed by atoms with Crippen LogP contribution in [0.4, 0.5) is 4.39 Å². The minimum atomic E-state index is -0.288. The van der Waals surface area contributed by atoms with Crippen molar-refractivity contribution in [1.29, 1.82) is 0 Å². The third kappa shape index (κ3) is 6.14. The van der Waals surface area contributed by atoms with Crippen LogP contribution < -0.4 is 10.1 Å². The van der Waals surface area contributed by atoms with Crippen molar-refractivity contribution >= 4 is 11.8 Å². The molecule has 114 valence electrons. The number of rotatable bonds is 7. The molecule has 0 fully saturated rings. The zero-order valence-corrected chi connectivity index (χ0v) is 13.9. The van der Waals surface area contributed by atoms with Gasteiger partial charge in [0.1, 0.15) is 0 Å². The van der Waals surface area contributed by atoms with E-state index >= 15 is 0 Å². The molecule has 20 heavy (non-hydrogen) atoms. The molecule has 4 heteroatoms. The van der Waals surface area contributed by atoms with Gasteiger partial charge in [-0.05, 0) is 30.7 Å². The van der Waals surface area contributed by atoms with Crippen LogP contribution in [0.3, 0.4) is 0 Å². The van der Waals surface area contributed by atoms with E-state index in [4.69, 9.17) is 4.74 Å². The van der Waals surface area contributed by atoms with Crippen LogP contribution in [0.1, 0.15) is 33.3 Å². The van der Waals surface area contributed by atoms with E-state index in [-0.39, 0.29) is 10.6 Å². The quantitative estimate of drug-likeness (QED) is 0.825. The fourth-order valence-corrected chi connectivity index (χ4v) is 2.89. The summed E-state index contributed by atoms with van der Waals surface area (Å²) in [5.74, 6) is 1.03. The third-order valence-electron chi connectivity index (χ3n) is 2.91. The van der Waals surface area contributed by atoms with Gasteiger partial charge >= 0.3 is 0 Å². The second-order valence-electron chi connectivity index (χ2n) is 5.85. The van der Waals surface area contributed by atoms with Crippen molar-refractivity contribution in [2.75, 3.05) is 19.4 Å². The fourth-order valence-electron chi connectivity index (χ4n) is 1.95. The topological polar surface area (TPSA) is 21.3 Å². The highest BCUT2D eigenvalue weighted by molar-refractivity contribution is 8.00. The number of ether oxygens (including phenoxy) is 1. The van der Waals surface area contributed by atoms with Crippen LogP contribution in [0.15, 0.2) is 18.2 Å².